The van der Waals surface area contributed by atoms with Crippen LogP contribution in [0.1, 0.15) is 29.5 Å². The van der Waals surface area contributed by atoms with Crippen molar-refractivity contribution in [1.29, 1.82) is 0 Å². The highest BCUT2D eigenvalue weighted by molar-refractivity contribution is 5.19. The molecule has 0 fully saturated rings. The van der Waals surface area contributed by atoms with Crippen molar-refractivity contribution in [2.45, 2.75) is 25.9 Å². The molecule has 0 aliphatic heterocycles. The quantitative estimate of drug-likeness (QED) is 0.862. The molecule has 1 unspecified atom stereocenters. The normalized spacial score (nSPS) is 12.9. The Bertz CT molecular complexity index is 500. The van der Waals surface area contributed by atoms with Gasteiger partial charge in [0.15, 0.2) is 0 Å². The summed E-state index contributed by atoms with van der Waals surface area (Å²) in [5.41, 5.74) is 3.06. The van der Waals surface area contributed by atoms with Crippen molar-refractivity contribution >= 4 is 0 Å². The summed E-state index contributed by atoms with van der Waals surface area (Å²) in [6, 6.07) is 1.98. The van der Waals surface area contributed by atoms with Crippen molar-refractivity contribution in [2.75, 3.05) is 0 Å². The molecule has 0 amide bonds. The predicted octanol–water partition coefficient (Wildman–Crippen LogP) is 1.13. The second-order valence-electron chi connectivity index (χ2n) is 4.31. The van der Waals surface area contributed by atoms with E-state index in [1.54, 1.807) is 17.1 Å². The van der Waals surface area contributed by atoms with E-state index in [0.29, 0.717) is 6.42 Å². The van der Waals surface area contributed by atoms with Gasteiger partial charge in [-0.2, -0.15) is 10.2 Å². The number of hydrogen-bond acceptors (Lipinski definition) is 3. The smallest absolute Gasteiger partial charge is 0.0826 e. The number of aryl methyl sites for hydroxylation is 3. The minimum atomic E-state index is -0.460. The Morgan fingerprint density at radius 3 is 2.59 bits per heavy atom. The lowest BCUT2D eigenvalue weighted by Gasteiger charge is -2.10. The number of aliphatic hydroxyl groups excluding tert-OH is 1. The standard InChI is InChI=1S/C12H18N4O/c1-9-11(8-14-15(9)2)12(17)5-4-10-6-7-13-16(10)3/h6-8,12,17H,4-5H2,1-3H3. The van der Waals surface area contributed by atoms with Gasteiger partial charge < -0.3 is 5.11 Å². The predicted molar refractivity (Wildman–Crippen MR) is 64.4 cm³/mol. The summed E-state index contributed by atoms with van der Waals surface area (Å²) in [6.45, 7) is 1.97. The molecule has 0 saturated heterocycles. The number of hydrogen-bond donors (Lipinski definition) is 1. The maximum absolute atomic E-state index is 10.1. The highest BCUT2D eigenvalue weighted by atomic mass is 16.3. The topological polar surface area (TPSA) is 55.9 Å². The van der Waals surface area contributed by atoms with Crippen molar-refractivity contribution in [1.82, 2.24) is 19.6 Å². The second-order valence-corrected chi connectivity index (χ2v) is 4.31. The van der Waals surface area contributed by atoms with Crippen molar-refractivity contribution in [2.24, 2.45) is 14.1 Å². The lowest BCUT2D eigenvalue weighted by molar-refractivity contribution is 0.166. The Balaban J connectivity index is 2.00. The van der Waals surface area contributed by atoms with E-state index in [9.17, 15) is 5.11 Å². The van der Waals surface area contributed by atoms with Crippen LogP contribution in [0.4, 0.5) is 0 Å². The van der Waals surface area contributed by atoms with Gasteiger partial charge in [-0.1, -0.05) is 0 Å². The molecule has 2 heterocycles. The van der Waals surface area contributed by atoms with Crippen molar-refractivity contribution in [3.8, 4) is 0 Å². The zero-order valence-corrected chi connectivity index (χ0v) is 10.5. The molecule has 5 nitrogen and oxygen atoms in total. The van der Waals surface area contributed by atoms with Crippen LogP contribution in [0.25, 0.3) is 0 Å². The van der Waals surface area contributed by atoms with E-state index in [2.05, 4.69) is 10.2 Å². The molecule has 0 aliphatic rings. The summed E-state index contributed by atoms with van der Waals surface area (Å²) in [5, 5.41) is 18.4. The monoisotopic (exact) mass is 234 g/mol. The molecule has 92 valence electrons. The SMILES string of the molecule is Cc1c(C(O)CCc2ccnn2C)cnn1C. The summed E-state index contributed by atoms with van der Waals surface area (Å²) >= 11 is 0. The summed E-state index contributed by atoms with van der Waals surface area (Å²) in [5.74, 6) is 0. The highest BCUT2D eigenvalue weighted by Gasteiger charge is 2.14. The van der Waals surface area contributed by atoms with Gasteiger partial charge in [-0.05, 0) is 25.8 Å². The third-order valence-electron chi connectivity index (χ3n) is 3.23. The Kier molecular flexibility index (Phi) is 3.28. The number of aromatic nitrogens is 4. The van der Waals surface area contributed by atoms with E-state index in [1.807, 2.05) is 31.8 Å². The molecule has 0 saturated carbocycles. The fraction of sp³-hybridized carbons (Fsp3) is 0.500. The molecule has 1 N–H and O–H groups in total. The Morgan fingerprint density at radius 2 is 2.06 bits per heavy atom. The van der Waals surface area contributed by atoms with Gasteiger partial charge in [0.1, 0.15) is 0 Å². The van der Waals surface area contributed by atoms with Crippen LogP contribution < -0.4 is 0 Å². The third-order valence-corrected chi connectivity index (χ3v) is 3.23. The maximum Gasteiger partial charge on any atom is 0.0826 e. The van der Waals surface area contributed by atoms with Crippen molar-refractivity contribution < 1.29 is 5.11 Å². The van der Waals surface area contributed by atoms with Gasteiger partial charge in [0.2, 0.25) is 0 Å². The van der Waals surface area contributed by atoms with E-state index in [4.69, 9.17) is 0 Å². The minimum Gasteiger partial charge on any atom is -0.388 e. The van der Waals surface area contributed by atoms with E-state index < -0.39 is 6.10 Å². The fourth-order valence-corrected chi connectivity index (χ4v) is 1.93. The van der Waals surface area contributed by atoms with Crippen LogP contribution in [0.3, 0.4) is 0 Å². The Hall–Kier alpha value is -1.62. The van der Waals surface area contributed by atoms with E-state index in [0.717, 1.165) is 23.4 Å². The summed E-state index contributed by atoms with van der Waals surface area (Å²) in [7, 11) is 3.80. The van der Waals surface area contributed by atoms with Crippen LogP contribution in [0.5, 0.6) is 0 Å². The van der Waals surface area contributed by atoms with Crippen LogP contribution in [0.2, 0.25) is 0 Å². The number of rotatable bonds is 4. The molecule has 0 spiro atoms. The van der Waals surface area contributed by atoms with Crippen LogP contribution in [-0.4, -0.2) is 24.7 Å². The first kappa shape index (κ1) is 11.9. The fourth-order valence-electron chi connectivity index (χ4n) is 1.93. The number of nitrogens with zero attached hydrogens (tertiary/aromatic N) is 4. The minimum absolute atomic E-state index is 0.460. The molecule has 0 aromatic carbocycles. The van der Waals surface area contributed by atoms with Crippen molar-refractivity contribution in [3.05, 3.63) is 35.4 Å². The van der Waals surface area contributed by atoms with E-state index in [-0.39, 0.29) is 0 Å². The number of aliphatic hydroxyl groups is 1. The summed E-state index contributed by atoms with van der Waals surface area (Å²) in [6.07, 6.45) is 4.55. The Labute approximate surface area is 101 Å². The third kappa shape index (κ3) is 2.39. The zero-order valence-electron chi connectivity index (χ0n) is 10.5. The molecular weight excluding hydrogens is 216 g/mol. The van der Waals surface area contributed by atoms with Crippen LogP contribution in [-0.2, 0) is 20.5 Å². The van der Waals surface area contributed by atoms with Gasteiger partial charge in [-0.15, -0.1) is 0 Å². The van der Waals surface area contributed by atoms with Gasteiger partial charge in [0.25, 0.3) is 0 Å². The Morgan fingerprint density at radius 1 is 1.29 bits per heavy atom. The van der Waals surface area contributed by atoms with Gasteiger partial charge in [-0.25, -0.2) is 0 Å². The highest BCUT2D eigenvalue weighted by Crippen LogP contribution is 2.21. The molecule has 2 rings (SSSR count). The lowest BCUT2D eigenvalue weighted by atomic mass is 10.0. The van der Waals surface area contributed by atoms with Crippen LogP contribution in [0, 0.1) is 6.92 Å². The average Bonchev–Trinajstić information content (AvgIpc) is 2.84. The first-order chi connectivity index (χ1) is 8.09. The van der Waals surface area contributed by atoms with Crippen LogP contribution in [0.15, 0.2) is 18.5 Å². The van der Waals surface area contributed by atoms with Gasteiger partial charge in [0, 0.05) is 37.2 Å². The van der Waals surface area contributed by atoms with Gasteiger partial charge in [-0.3, -0.25) is 9.36 Å². The zero-order chi connectivity index (χ0) is 12.4. The first-order valence-electron chi connectivity index (χ1n) is 5.73. The molecule has 0 aliphatic carbocycles. The lowest BCUT2D eigenvalue weighted by Crippen LogP contribution is -2.04. The molecule has 2 aromatic heterocycles. The maximum atomic E-state index is 10.1. The molecule has 2 aromatic rings. The largest absolute Gasteiger partial charge is 0.388 e. The first-order valence-corrected chi connectivity index (χ1v) is 5.73. The molecule has 0 radical (unpaired) electrons. The average molecular weight is 234 g/mol. The molecular formula is C12H18N4O. The molecule has 5 heteroatoms. The second kappa shape index (κ2) is 4.71. The summed E-state index contributed by atoms with van der Waals surface area (Å²) in [4.78, 5) is 0. The van der Waals surface area contributed by atoms with Gasteiger partial charge in [0.05, 0.1) is 12.3 Å². The van der Waals surface area contributed by atoms with E-state index >= 15 is 0 Å². The summed E-state index contributed by atoms with van der Waals surface area (Å²) < 4.78 is 3.62. The van der Waals surface area contributed by atoms with Crippen LogP contribution >= 0.6 is 0 Å². The van der Waals surface area contributed by atoms with Gasteiger partial charge >= 0.3 is 0 Å². The molecule has 0 bridgehead atoms. The van der Waals surface area contributed by atoms with Crippen molar-refractivity contribution in [3.63, 3.8) is 0 Å². The molecule has 17 heavy (non-hydrogen) atoms. The van der Waals surface area contributed by atoms with E-state index in [1.165, 1.54) is 0 Å². The molecule has 1 atom stereocenters.